The van der Waals surface area contributed by atoms with Crippen LogP contribution in [-0.4, -0.2) is 17.0 Å². The predicted molar refractivity (Wildman–Crippen MR) is 141 cm³/mol. The minimum absolute atomic E-state index is 0.0460. The maximum Gasteiger partial charge on any atom is 0.143 e. The molecule has 1 aliphatic rings. The highest BCUT2D eigenvalue weighted by Gasteiger charge is 2.29. The highest BCUT2D eigenvalue weighted by Crippen LogP contribution is 2.37. The number of benzene rings is 4. The molecule has 1 atom stereocenters. The summed E-state index contributed by atoms with van der Waals surface area (Å²) in [5, 5.41) is 17.9. The van der Waals surface area contributed by atoms with Crippen LogP contribution in [0.1, 0.15) is 29.2 Å². The third kappa shape index (κ3) is 4.69. The molecule has 0 bridgehead atoms. The van der Waals surface area contributed by atoms with E-state index in [9.17, 15) is 5.11 Å². The van der Waals surface area contributed by atoms with Crippen molar-refractivity contribution in [2.75, 3.05) is 5.01 Å². The zero-order chi connectivity index (χ0) is 23.5. The highest BCUT2D eigenvalue weighted by molar-refractivity contribution is 6.36. The van der Waals surface area contributed by atoms with Crippen LogP contribution in [0.2, 0.25) is 10.0 Å². The minimum atomic E-state index is -0.0460. The molecule has 0 aromatic heterocycles. The molecule has 0 radical (unpaired) electrons. The Hall–Kier alpha value is -3.60. The van der Waals surface area contributed by atoms with E-state index in [-0.39, 0.29) is 16.8 Å². The van der Waals surface area contributed by atoms with Crippen LogP contribution < -0.4 is 5.01 Å². The monoisotopic (exact) mass is 485 g/mol. The smallest absolute Gasteiger partial charge is 0.143 e. The lowest BCUT2D eigenvalue weighted by Gasteiger charge is -2.23. The van der Waals surface area contributed by atoms with Crippen LogP contribution in [-0.2, 0) is 0 Å². The number of para-hydroxylation sites is 1. The van der Waals surface area contributed by atoms with Gasteiger partial charge in [0.25, 0.3) is 0 Å². The van der Waals surface area contributed by atoms with Crippen molar-refractivity contribution in [2.45, 2.75) is 12.5 Å². The number of hydrogen-bond acceptors (Lipinski definition) is 4. The fourth-order valence-electron chi connectivity index (χ4n) is 4.03. The van der Waals surface area contributed by atoms with Gasteiger partial charge in [0.2, 0.25) is 0 Å². The number of rotatable bonds is 5. The first kappa shape index (κ1) is 22.2. The molecular weight excluding hydrogens is 465 g/mol. The van der Waals surface area contributed by atoms with E-state index in [2.05, 4.69) is 46.4 Å². The van der Waals surface area contributed by atoms with Gasteiger partial charge in [0, 0.05) is 23.2 Å². The number of hydrazone groups is 1. The topological polar surface area (TPSA) is 48.2 Å². The molecular formula is C28H21Cl2N3O. The Kier molecular flexibility index (Phi) is 6.35. The van der Waals surface area contributed by atoms with Gasteiger partial charge in [-0.25, -0.2) is 0 Å². The lowest BCUT2D eigenvalue weighted by atomic mass is 9.98. The van der Waals surface area contributed by atoms with Gasteiger partial charge in [0.05, 0.1) is 28.2 Å². The number of halogens is 2. The molecule has 4 aromatic rings. The SMILES string of the molecule is Oc1c(Cl)cc(Cl)cc1C=Nc1cccc(C2=NN(c3ccccc3)[C@@H](c3ccccc3)C2)c1. The largest absolute Gasteiger partial charge is 0.506 e. The molecule has 34 heavy (non-hydrogen) atoms. The van der Waals surface area contributed by atoms with E-state index in [4.69, 9.17) is 28.3 Å². The third-order valence-corrected chi connectivity index (χ3v) is 6.21. The molecule has 168 valence electrons. The van der Waals surface area contributed by atoms with Crippen molar-refractivity contribution in [3.8, 4) is 5.75 Å². The van der Waals surface area contributed by atoms with Gasteiger partial charge in [-0.05, 0) is 47.5 Å². The van der Waals surface area contributed by atoms with E-state index in [1.165, 1.54) is 11.6 Å². The summed E-state index contributed by atoms with van der Waals surface area (Å²) in [6.45, 7) is 0. The standard InChI is InChI=1S/C28H21Cl2N3O/c29-22-14-21(28(34)25(30)16-22)18-31-23-11-7-10-20(15-23)26-17-27(19-8-3-1-4-9-19)33(32-26)24-12-5-2-6-13-24/h1-16,18,27,34H,17H2/t27-/m1/s1. The Morgan fingerprint density at radius 3 is 2.38 bits per heavy atom. The second-order valence-electron chi connectivity index (χ2n) is 7.99. The molecule has 0 spiro atoms. The van der Waals surface area contributed by atoms with E-state index in [1.807, 2.05) is 48.5 Å². The number of aromatic hydroxyl groups is 1. The van der Waals surface area contributed by atoms with Crippen molar-refractivity contribution < 1.29 is 5.11 Å². The lowest BCUT2D eigenvalue weighted by molar-refractivity contribution is 0.475. The Morgan fingerprint density at radius 2 is 1.62 bits per heavy atom. The van der Waals surface area contributed by atoms with Gasteiger partial charge in [0.1, 0.15) is 5.75 Å². The summed E-state index contributed by atoms with van der Waals surface area (Å²) >= 11 is 12.1. The second kappa shape index (κ2) is 9.72. The first-order chi connectivity index (χ1) is 16.6. The Balaban J connectivity index is 1.46. The number of anilines is 1. The third-order valence-electron chi connectivity index (χ3n) is 5.71. The van der Waals surface area contributed by atoms with Gasteiger partial charge in [-0.3, -0.25) is 10.0 Å². The molecule has 1 heterocycles. The predicted octanol–water partition coefficient (Wildman–Crippen LogP) is 7.81. The van der Waals surface area contributed by atoms with Crippen LogP contribution in [0.5, 0.6) is 5.75 Å². The van der Waals surface area contributed by atoms with E-state index in [1.54, 1.807) is 12.3 Å². The molecule has 0 saturated carbocycles. The van der Waals surface area contributed by atoms with Crippen LogP contribution in [0.25, 0.3) is 0 Å². The van der Waals surface area contributed by atoms with Crippen molar-refractivity contribution in [3.63, 3.8) is 0 Å². The summed E-state index contributed by atoms with van der Waals surface area (Å²) in [6.07, 6.45) is 2.34. The molecule has 0 fully saturated rings. The van der Waals surface area contributed by atoms with E-state index in [0.29, 0.717) is 10.6 Å². The second-order valence-corrected chi connectivity index (χ2v) is 8.84. The zero-order valence-corrected chi connectivity index (χ0v) is 19.7. The van der Waals surface area contributed by atoms with Gasteiger partial charge < -0.3 is 5.11 Å². The summed E-state index contributed by atoms with van der Waals surface area (Å²) in [4.78, 5) is 4.54. The molecule has 4 nitrogen and oxygen atoms in total. The number of hydrogen-bond donors (Lipinski definition) is 1. The van der Waals surface area contributed by atoms with Crippen molar-refractivity contribution in [3.05, 3.63) is 124 Å². The first-order valence-electron chi connectivity index (χ1n) is 10.9. The Morgan fingerprint density at radius 1 is 0.882 bits per heavy atom. The summed E-state index contributed by atoms with van der Waals surface area (Å²) in [5.74, 6) is -0.0460. The van der Waals surface area contributed by atoms with Crippen molar-refractivity contribution in [1.82, 2.24) is 0 Å². The Labute approximate surface area is 208 Å². The molecule has 0 saturated heterocycles. The van der Waals surface area contributed by atoms with Crippen LogP contribution in [0.4, 0.5) is 11.4 Å². The molecule has 0 amide bonds. The molecule has 4 aromatic carbocycles. The fourth-order valence-corrected chi connectivity index (χ4v) is 4.54. The van der Waals surface area contributed by atoms with E-state index < -0.39 is 0 Å². The number of aliphatic imine (C=N–C) groups is 1. The van der Waals surface area contributed by atoms with Crippen molar-refractivity contribution in [2.24, 2.45) is 10.1 Å². The van der Waals surface area contributed by atoms with Gasteiger partial charge >= 0.3 is 0 Å². The van der Waals surface area contributed by atoms with Crippen LogP contribution in [0, 0.1) is 0 Å². The van der Waals surface area contributed by atoms with E-state index >= 15 is 0 Å². The summed E-state index contributed by atoms with van der Waals surface area (Å²) < 4.78 is 0. The van der Waals surface area contributed by atoms with E-state index in [0.717, 1.165) is 29.1 Å². The molecule has 0 unspecified atom stereocenters. The first-order valence-corrected chi connectivity index (χ1v) is 11.6. The van der Waals surface area contributed by atoms with Crippen molar-refractivity contribution in [1.29, 1.82) is 0 Å². The van der Waals surface area contributed by atoms with Crippen LogP contribution >= 0.6 is 23.2 Å². The molecule has 0 aliphatic carbocycles. The van der Waals surface area contributed by atoms with Gasteiger partial charge in [-0.2, -0.15) is 5.10 Å². The number of phenols is 1. The zero-order valence-electron chi connectivity index (χ0n) is 18.1. The average Bonchev–Trinajstić information content (AvgIpc) is 3.32. The molecule has 6 heteroatoms. The normalized spacial score (nSPS) is 15.6. The summed E-state index contributed by atoms with van der Waals surface area (Å²) in [7, 11) is 0. The quantitative estimate of drug-likeness (QED) is 0.293. The van der Waals surface area contributed by atoms with Gasteiger partial charge in [0.15, 0.2) is 0 Å². The molecule has 5 rings (SSSR count). The maximum absolute atomic E-state index is 10.2. The number of phenolic OH excluding ortho intramolecular Hbond substituents is 1. The van der Waals surface area contributed by atoms with Crippen LogP contribution in [0.15, 0.2) is 107 Å². The summed E-state index contributed by atoms with van der Waals surface area (Å²) in [6, 6.07) is 31.8. The number of nitrogens with zero attached hydrogens (tertiary/aromatic N) is 3. The lowest BCUT2D eigenvalue weighted by Crippen LogP contribution is -2.18. The summed E-state index contributed by atoms with van der Waals surface area (Å²) in [5.41, 5.74) is 5.46. The average molecular weight is 486 g/mol. The minimum Gasteiger partial charge on any atom is -0.506 e. The maximum atomic E-state index is 10.2. The molecule has 1 N–H and O–H groups in total. The van der Waals surface area contributed by atoms with Crippen LogP contribution in [0.3, 0.4) is 0 Å². The van der Waals surface area contributed by atoms with Gasteiger partial charge in [-0.1, -0.05) is 83.9 Å². The highest BCUT2D eigenvalue weighted by atomic mass is 35.5. The molecule has 1 aliphatic heterocycles. The fraction of sp³-hybridized carbons (Fsp3) is 0.0714. The van der Waals surface area contributed by atoms with Crippen molar-refractivity contribution >= 4 is 46.5 Å². The van der Waals surface area contributed by atoms with Gasteiger partial charge in [-0.15, -0.1) is 0 Å². The Bertz CT molecular complexity index is 1370.